The molecule has 20 heavy (non-hydrogen) atoms. The van der Waals surface area contributed by atoms with Crippen LogP contribution >= 0.6 is 0 Å². The molecular formula is C16H25NO3. The zero-order valence-corrected chi connectivity index (χ0v) is 13.2. The summed E-state index contributed by atoms with van der Waals surface area (Å²) >= 11 is 0. The van der Waals surface area contributed by atoms with E-state index in [4.69, 9.17) is 9.47 Å². The minimum Gasteiger partial charge on any atom is -0.497 e. The maximum Gasteiger partial charge on any atom is 0.320 e. The summed E-state index contributed by atoms with van der Waals surface area (Å²) in [7, 11) is 1.64. The Kier molecular flexibility index (Phi) is 5.17. The maximum atomic E-state index is 11.8. The number of ether oxygens (including phenoxy) is 2. The van der Waals surface area contributed by atoms with Crippen LogP contribution in [-0.2, 0) is 15.1 Å². The van der Waals surface area contributed by atoms with Gasteiger partial charge in [0, 0.05) is 5.54 Å². The van der Waals surface area contributed by atoms with Crippen molar-refractivity contribution in [2.45, 2.75) is 45.8 Å². The highest BCUT2D eigenvalue weighted by molar-refractivity contribution is 5.72. The second-order valence-corrected chi connectivity index (χ2v) is 6.30. The van der Waals surface area contributed by atoms with E-state index in [0.29, 0.717) is 0 Å². The molecule has 0 heterocycles. The highest BCUT2D eigenvalue weighted by atomic mass is 16.6. The van der Waals surface area contributed by atoms with Gasteiger partial charge in [-0.3, -0.25) is 10.1 Å². The molecule has 0 unspecified atom stereocenters. The van der Waals surface area contributed by atoms with Crippen LogP contribution in [0.2, 0.25) is 0 Å². The molecule has 112 valence electrons. The van der Waals surface area contributed by atoms with Crippen molar-refractivity contribution < 1.29 is 14.3 Å². The van der Waals surface area contributed by atoms with Crippen molar-refractivity contribution in [3.05, 3.63) is 29.8 Å². The third-order valence-corrected chi connectivity index (χ3v) is 2.89. The summed E-state index contributed by atoms with van der Waals surface area (Å²) in [5.74, 6) is 0.545. The molecule has 0 aliphatic carbocycles. The summed E-state index contributed by atoms with van der Waals surface area (Å²) in [6.07, 6.45) is 0. The molecule has 1 rings (SSSR count). The van der Waals surface area contributed by atoms with Gasteiger partial charge in [0.15, 0.2) is 0 Å². The van der Waals surface area contributed by atoms with Gasteiger partial charge in [0.2, 0.25) is 0 Å². The van der Waals surface area contributed by atoms with Crippen molar-refractivity contribution in [2.24, 2.45) is 0 Å². The van der Waals surface area contributed by atoms with E-state index in [-0.39, 0.29) is 18.1 Å². The van der Waals surface area contributed by atoms with E-state index in [1.165, 1.54) is 0 Å². The summed E-state index contributed by atoms with van der Waals surface area (Å²) in [5.41, 5.74) is 0.255. The number of hydrogen-bond donors (Lipinski definition) is 1. The van der Waals surface area contributed by atoms with Gasteiger partial charge in [0.1, 0.15) is 11.4 Å². The summed E-state index contributed by atoms with van der Waals surface area (Å²) in [4.78, 5) is 11.8. The maximum absolute atomic E-state index is 11.8. The first-order valence-corrected chi connectivity index (χ1v) is 6.75. The zero-order valence-electron chi connectivity index (χ0n) is 13.2. The molecule has 0 aliphatic heterocycles. The Morgan fingerprint density at radius 1 is 1.20 bits per heavy atom. The van der Waals surface area contributed by atoms with Crippen molar-refractivity contribution in [1.82, 2.24) is 5.32 Å². The molecular weight excluding hydrogens is 254 g/mol. The van der Waals surface area contributed by atoms with E-state index >= 15 is 0 Å². The van der Waals surface area contributed by atoms with Crippen molar-refractivity contribution in [2.75, 3.05) is 13.7 Å². The topological polar surface area (TPSA) is 47.6 Å². The number of carbonyl (C=O) groups excluding carboxylic acids is 1. The van der Waals surface area contributed by atoms with Crippen molar-refractivity contribution in [3.63, 3.8) is 0 Å². The lowest BCUT2D eigenvalue weighted by Gasteiger charge is -2.28. The highest BCUT2D eigenvalue weighted by Crippen LogP contribution is 2.23. The van der Waals surface area contributed by atoms with Crippen LogP contribution in [0.3, 0.4) is 0 Å². The third-order valence-electron chi connectivity index (χ3n) is 2.89. The molecule has 0 bridgehead atoms. The molecule has 0 atom stereocenters. The lowest BCUT2D eigenvalue weighted by atomic mass is 9.94. The first-order chi connectivity index (χ1) is 9.14. The summed E-state index contributed by atoms with van der Waals surface area (Å²) in [5, 5.41) is 3.22. The van der Waals surface area contributed by atoms with Gasteiger partial charge in [-0.2, -0.15) is 0 Å². The number of methoxy groups -OCH3 is 1. The number of esters is 1. The normalized spacial score (nSPS) is 12.1. The molecule has 0 radical (unpaired) electrons. The van der Waals surface area contributed by atoms with Crippen molar-refractivity contribution in [1.29, 1.82) is 0 Å². The molecule has 0 amide bonds. The van der Waals surface area contributed by atoms with Gasteiger partial charge in [-0.1, -0.05) is 12.1 Å². The van der Waals surface area contributed by atoms with Gasteiger partial charge < -0.3 is 9.47 Å². The van der Waals surface area contributed by atoms with Crippen LogP contribution in [0.15, 0.2) is 24.3 Å². The van der Waals surface area contributed by atoms with Crippen LogP contribution in [0.5, 0.6) is 5.75 Å². The molecule has 1 aromatic carbocycles. The monoisotopic (exact) mass is 279 g/mol. The Bertz CT molecular complexity index is 461. The molecule has 4 nitrogen and oxygen atoms in total. The quantitative estimate of drug-likeness (QED) is 0.842. The van der Waals surface area contributed by atoms with Crippen LogP contribution in [-0.4, -0.2) is 25.2 Å². The first-order valence-electron chi connectivity index (χ1n) is 6.75. The second kappa shape index (κ2) is 6.27. The summed E-state index contributed by atoms with van der Waals surface area (Å²) in [6, 6.07) is 7.80. The predicted molar refractivity (Wildman–Crippen MR) is 79.9 cm³/mol. The van der Waals surface area contributed by atoms with E-state index < -0.39 is 5.60 Å². The number of rotatable bonds is 5. The molecule has 0 spiro atoms. The van der Waals surface area contributed by atoms with Crippen molar-refractivity contribution >= 4 is 5.97 Å². The second-order valence-electron chi connectivity index (χ2n) is 6.30. The molecule has 0 saturated heterocycles. The fourth-order valence-electron chi connectivity index (χ4n) is 1.78. The van der Waals surface area contributed by atoms with E-state index in [9.17, 15) is 4.79 Å². The molecule has 0 aromatic heterocycles. The van der Waals surface area contributed by atoms with Gasteiger partial charge in [-0.25, -0.2) is 0 Å². The predicted octanol–water partition coefficient (Wildman–Crippen LogP) is 2.86. The van der Waals surface area contributed by atoms with Gasteiger partial charge in [-0.15, -0.1) is 0 Å². The van der Waals surface area contributed by atoms with Gasteiger partial charge in [0.25, 0.3) is 0 Å². The molecule has 1 aromatic rings. The Labute approximate surface area is 121 Å². The number of carbonyl (C=O) groups is 1. The molecule has 0 saturated carbocycles. The van der Waals surface area contributed by atoms with Crippen LogP contribution in [0.1, 0.15) is 40.2 Å². The summed E-state index contributed by atoms with van der Waals surface area (Å²) in [6.45, 7) is 9.79. The van der Waals surface area contributed by atoms with Crippen molar-refractivity contribution in [3.8, 4) is 5.75 Å². The van der Waals surface area contributed by atoms with E-state index in [0.717, 1.165) is 11.3 Å². The van der Waals surface area contributed by atoms with E-state index in [1.54, 1.807) is 7.11 Å². The smallest absolute Gasteiger partial charge is 0.320 e. The minimum absolute atomic E-state index is 0.168. The van der Waals surface area contributed by atoms with Gasteiger partial charge >= 0.3 is 5.97 Å². The Balaban J connectivity index is 2.67. The lowest BCUT2D eigenvalue weighted by Crippen LogP contribution is -2.41. The SMILES string of the molecule is COc1cccc(C(C)(C)NCC(=O)OC(C)(C)C)c1. The van der Waals surface area contributed by atoms with Gasteiger partial charge in [-0.05, 0) is 52.3 Å². The average Bonchev–Trinajstić information content (AvgIpc) is 2.35. The Hall–Kier alpha value is -1.55. The average molecular weight is 279 g/mol. The number of hydrogen-bond acceptors (Lipinski definition) is 4. The number of nitrogens with one attached hydrogen (secondary N) is 1. The molecule has 0 aliphatic rings. The van der Waals surface area contributed by atoms with E-state index in [2.05, 4.69) is 5.32 Å². The summed E-state index contributed by atoms with van der Waals surface area (Å²) < 4.78 is 10.5. The standard InChI is InChI=1S/C16H25NO3/c1-15(2,3)20-14(18)11-17-16(4,5)12-8-7-9-13(10-12)19-6/h7-10,17H,11H2,1-6H3. The first kappa shape index (κ1) is 16.5. The molecule has 4 heteroatoms. The largest absolute Gasteiger partial charge is 0.497 e. The Morgan fingerprint density at radius 3 is 2.40 bits per heavy atom. The zero-order chi connectivity index (χ0) is 15.4. The van der Waals surface area contributed by atoms with Crippen LogP contribution in [0.4, 0.5) is 0 Å². The van der Waals surface area contributed by atoms with Crippen LogP contribution < -0.4 is 10.1 Å². The Morgan fingerprint density at radius 2 is 1.85 bits per heavy atom. The third kappa shape index (κ3) is 5.21. The minimum atomic E-state index is -0.459. The highest BCUT2D eigenvalue weighted by Gasteiger charge is 2.23. The van der Waals surface area contributed by atoms with E-state index in [1.807, 2.05) is 58.9 Å². The van der Waals surface area contributed by atoms with Crippen LogP contribution in [0.25, 0.3) is 0 Å². The van der Waals surface area contributed by atoms with Gasteiger partial charge in [0.05, 0.1) is 13.7 Å². The molecule has 1 N–H and O–H groups in total. The lowest BCUT2D eigenvalue weighted by molar-refractivity contribution is -0.154. The number of benzene rings is 1. The fourth-order valence-corrected chi connectivity index (χ4v) is 1.78. The fraction of sp³-hybridized carbons (Fsp3) is 0.562. The van der Waals surface area contributed by atoms with Crippen LogP contribution in [0, 0.1) is 0 Å². The molecule has 0 fully saturated rings.